The second kappa shape index (κ2) is 10.5. The van der Waals surface area contributed by atoms with Crippen LogP contribution in [0.1, 0.15) is 48.3 Å². The van der Waals surface area contributed by atoms with Crippen molar-refractivity contribution in [1.29, 1.82) is 0 Å². The molecule has 2 atom stereocenters. The SMILES string of the molecule is COC(=O)C(Cc1ccc2ccccc2c1)NC(=O)c1cccc(C(N)C(=O)OC(C)(C)C)c1. The summed E-state index contributed by atoms with van der Waals surface area (Å²) < 4.78 is 10.2. The minimum Gasteiger partial charge on any atom is -0.467 e. The third kappa shape index (κ3) is 6.42. The first-order valence-electron chi connectivity index (χ1n) is 11.0. The van der Waals surface area contributed by atoms with E-state index in [-0.39, 0.29) is 12.0 Å². The van der Waals surface area contributed by atoms with Crippen LogP contribution in [0, 0.1) is 0 Å². The number of nitrogens with two attached hydrogens (primary N) is 1. The van der Waals surface area contributed by atoms with E-state index in [1.54, 1.807) is 39.0 Å². The third-order valence-corrected chi connectivity index (χ3v) is 5.21. The van der Waals surface area contributed by atoms with Crippen LogP contribution in [0.15, 0.2) is 66.7 Å². The zero-order valence-electron chi connectivity index (χ0n) is 19.8. The van der Waals surface area contributed by atoms with Gasteiger partial charge in [-0.2, -0.15) is 0 Å². The molecule has 0 aliphatic rings. The molecule has 7 nitrogen and oxygen atoms in total. The number of fused-ring (bicyclic) bond motifs is 1. The predicted molar refractivity (Wildman–Crippen MR) is 130 cm³/mol. The fourth-order valence-corrected chi connectivity index (χ4v) is 3.55. The second-order valence-corrected chi connectivity index (χ2v) is 9.07. The Kier molecular flexibility index (Phi) is 7.68. The summed E-state index contributed by atoms with van der Waals surface area (Å²) in [6.45, 7) is 5.26. The second-order valence-electron chi connectivity index (χ2n) is 9.07. The van der Waals surface area contributed by atoms with Crippen LogP contribution in [0.2, 0.25) is 0 Å². The smallest absolute Gasteiger partial charge is 0.328 e. The molecule has 1 amide bonds. The van der Waals surface area contributed by atoms with Crippen LogP contribution in [-0.4, -0.2) is 36.6 Å². The van der Waals surface area contributed by atoms with Gasteiger partial charge in [-0.05, 0) is 54.8 Å². The average Bonchev–Trinajstić information content (AvgIpc) is 2.81. The molecule has 0 saturated carbocycles. The summed E-state index contributed by atoms with van der Waals surface area (Å²) in [4.78, 5) is 37.7. The first-order valence-corrected chi connectivity index (χ1v) is 11.0. The summed E-state index contributed by atoms with van der Waals surface area (Å²) in [5, 5.41) is 4.87. The molecule has 0 aliphatic carbocycles. The standard InChI is InChI=1S/C27H30N2O5/c1-27(2,3)34-26(32)23(28)20-10-7-11-21(16-20)24(30)29-22(25(31)33-4)15-17-12-13-18-8-5-6-9-19(18)14-17/h5-14,16,22-23H,15,28H2,1-4H3,(H,29,30). The Labute approximate surface area is 199 Å². The molecule has 3 rings (SSSR count). The Morgan fingerprint density at radius 3 is 2.29 bits per heavy atom. The van der Waals surface area contributed by atoms with E-state index in [1.807, 2.05) is 42.5 Å². The van der Waals surface area contributed by atoms with Gasteiger partial charge in [0.2, 0.25) is 0 Å². The molecule has 34 heavy (non-hydrogen) atoms. The van der Waals surface area contributed by atoms with Gasteiger partial charge in [0.05, 0.1) is 7.11 Å². The molecule has 0 aromatic heterocycles. The lowest BCUT2D eigenvalue weighted by molar-refractivity contribution is -0.156. The Morgan fingerprint density at radius 1 is 0.912 bits per heavy atom. The quantitative estimate of drug-likeness (QED) is 0.519. The van der Waals surface area contributed by atoms with Crippen molar-refractivity contribution in [2.24, 2.45) is 5.73 Å². The topological polar surface area (TPSA) is 108 Å². The Bertz CT molecular complexity index is 1200. The van der Waals surface area contributed by atoms with Gasteiger partial charge >= 0.3 is 11.9 Å². The summed E-state index contributed by atoms with van der Waals surface area (Å²) >= 11 is 0. The van der Waals surface area contributed by atoms with E-state index >= 15 is 0 Å². The van der Waals surface area contributed by atoms with Crippen molar-refractivity contribution in [3.05, 3.63) is 83.4 Å². The maximum Gasteiger partial charge on any atom is 0.328 e. The van der Waals surface area contributed by atoms with E-state index in [0.717, 1.165) is 16.3 Å². The maximum absolute atomic E-state index is 13.0. The van der Waals surface area contributed by atoms with Crippen LogP contribution >= 0.6 is 0 Å². The first-order chi connectivity index (χ1) is 16.1. The zero-order chi connectivity index (χ0) is 24.9. The van der Waals surface area contributed by atoms with Gasteiger partial charge in [0.25, 0.3) is 5.91 Å². The molecule has 0 aliphatic heterocycles. The molecule has 0 spiro atoms. The minimum atomic E-state index is -1.04. The highest BCUT2D eigenvalue weighted by Crippen LogP contribution is 2.19. The number of rotatable bonds is 7. The number of hydrogen-bond acceptors (Lipinski definition) is 6. The highest BCUT2D eigenvalue weighted by atomic mass is 16.6. The number of hydrogen-bond donors (Lipinski definition) is 2. The Hall–Kier alpha value is -3.71. The molecule has 178 valence electrons. The van der Waals surface area contributed by atoms with Crippen LogP contribution in [0.4, 0.5) is 0 Å². The fraction of sp³-hybridized carbons (Fsp3) is 0.296. The number of esters is 2. The summed E-state index contributed by atoms with van der Waals surface area (Å²) in [6.07, 6.45) is 0.264. The van der Waals surface area contributed by atoms with Gasteiger partial charge in [-0.3, -0.25) is 4.79 Å². The minimum absolute atomic E-state index is 0.264. The van der Waals surface area contributed by atoms with Crippen molar-refractivity contribution in [2.75, 3.05) is 7.11 Å². The van der Waals surface area contributed by atoms with Gasteiger partial charge in [0.15, 0.2) is 0 Å². The van der Waals surface area contributed by atoms with Crippen molar-refractivity contribution < 1.29 is 23.9 Å². The Balaban J connectivity index is 1.77. The van der Waals surface area contributed by atoms with Gasteiger partial charge in [-0.15, -0.1) is 0 Å². The highest BCUT2D eigenvalue weighted by Gasteiger charge is 2.26. The monoisotopic (exact) mass is 462 g/mol. The van der Waals surface area contributed by atoms with Crippen LogP contribution < -0.4 is 11.1 Å². The van der Waals surface area contributed by atoms with Gasteiger partial charge in [0, 0.05) is 12.0 Å². The summed E-state index contributed by atoms with van der Waals surface area (Å²) in [6, 6.07) is 18.2. The van der Waals surface area contributed by atoms with Crippen LogP contribution in [-0.2, 0) is 25.5 Å². The summed E-state index contributed by atoms with van der Waals surface area (Å²) in [5.74, 6) is -1.62. The predicted octanol–water partition coefficient (Wildman–Crippen LogP) is 3.70. The average molecular weight is 463 g/mol. The van der Waals surface area contributed by atoms with E-state index in [0.29, 0.717) is 5.56 Å². The molecule has 0 heterocycles. The molecule has 0 bridgehead atoms. The molecular formula is C27H30N2O5. The molecule has 7 heteroatoms. The van der Waals surface area contributed by atoms with Crippen LogP contribution in [0.5, 0.6) is 0 Å². The molecule has 3 N–H and O–H groups in total. The fourth-order valence-electron chi connectivity index (χ4n) is 3.55. The van der Waals surface area contributed by atoms with E-state index < -0.39 is 35.5 Å². The molecule has 3 aromatic rings. The van der Waals surface area contributed by atoms with Crippen molar-refractivity contribution in [3.8, 4) is 0 Å². The van der Waals surface area contributed by atoms with Crippen LogP contribution in [0.3, 0.4) is 0 Å². The normalized spacial score (nSPS) is 13.1. The largest absolute Gasteiger partial charge is 0.467 e. The van der Waals surface area contributed by atoms with E-state index in [4.69, 9.17) is 15.2 Å². The lowest BCUT2D eigenvalue weighted by Crippen LogP contribution is -2.43. The number of methoxy groups -OCH3 is 1. The van der Waals surface area contributed by atoms with Crippen LogP contribution in [0.25, 0.3) is 10.8 Å². The van der Waals surface area contributed by atoms with Crippen molar-refractivity contribution in [3.63, 3.8) is 0 Å². The van der Waals surface area contributed by atoms with E-state index in [2.05, 4.69) is 5.32 Å². The number of amides is 1. The number of benzene rings is 3. The highest BCUT2D eigenvalue weighted by molar-refractivity contribution is 5.97. The van der Waals surface area contributed by atoms with Gasteiger partial charge in [-0.1, -0.05) is 54.6 Å². The molecule has 3 aromatic carbocycles. The van der Waals surface area contributed by atoms with Gasteiger partial charge < -0.3 is 20.5 Å². The number of ether oxygens (including phenoxy) is 2. The van der Waals surface area contributed by atoms with E-state index in [1.165, 1.54) is 13.2 Å². The van der Waals surface area contributed by atoms with Crippen molar-refractivity contribution in [2.45, 2.75) is 44.9 Å². The Morgan fingerprint density at radius 2 is 1.62 bits per heavy atom. The molecule has 0 saturated heterocycles. The molecule has 0 radical (unpaired) electrons. The van der Waals surface area contributed by atoms with Gasteiger partial charge in [-0.25, -0.2) is 9.59 Å². The van der Waals surface area contributed by atoms with Crippen molar-refractivity contribution in [1.82, 2.24) is 5.32 Å². The zero-order valence-corrected chi connectivity index (χ0v) is 19.8. The third-order valence-electron chi connectivity index (χ3n) is 5.21. The lowest BCUT2D eigenvalue weighted by Gasteiger charge is -2.22. The summed E-state index contributed by atoms with van der Waals surface area (Å²) in [5.41, 5.74) is 6.96. The number of carbonyl (C=O) groups excluding carboxylic acids is 3. The lowest BCUT2D eigenvalue weighted by atomic mass is 10.0. The molecular weight excluding hydrogens is 432 g/mol. The van der Waals surface area contributed by atoms with Gasteiger partial charge in [0.1, 0.15) is 17.7 Å². The van der Waals surface area contributed by atoms with E-state index in [9.17, 15) is 14.4 Å². The number of carbonyl (C=O) groups is 3. The maximum atomic E-state index is 13.0. The molecule has 0 fully saturated rings. The van der Waals surface area contributed by atoms with Crippen molar-refractivity contribution >= 4 is 28.6 Å². The molecule has 2 unspecified atom stereocenters. The first kappa shape index (κ1) is 24.9. The summed E-state index contributed by atoms with van der Waals surface area (Å²) in [7, 11) is 1.28. The number of nitrogens with one attached hydrogen (secondary N) is 1.